The third-order valence-corrected chi connectivity index (χ3v) is 2.31. The summed E-state index contributed by atoms with van der Waals surface area (Å²) in [6, 6.07) is 0.189. The first kappa shape index (κ1) is 12.7. The van der Waals surface area contributed by atoms with Crippen LogP contribution in [0.1, 0.15) is 6.42 Å². The molecular formula is C9H17F3N2O. The van der Waals surface area contributed by atoms with E-state index in [1.807, 2.05) is 0 Å². The highest BCUT2D eigenvalue weighted by Crippen LogP contribution is 2.15. The van der Waals surface area contributed by atoms with E-state index in [0.29, 0.717) is 26.2 Å². The summed E-state index contributed by atoms with van der Waals surface area (Å²) in [5, 5.41) is 3.20. The van der Waals surface area contributed by atoms with E-state index in [0.717, 1.165) is 6.54 Å². The van der Waals surface area contributed by atoms with Gasteiger partial charge in [0.1, 0.15) is 0 Å². The number of rotatable bonds is 4. The molecule has 90 valence electrons. The Morgan fingerprint density at radius 1 is 1.47 bits per heavy atom. The van der Waals surface area contributed by atoms with Crippen LogP contribution >= 0.6 is 0 Å². The van der Waals surface area contributed by atoms with E-state index >= 15 is 0 Å². The smallest absolute Gasteiger partial charge is 0.379 e. The van der Waals surface area contributed by atoms with E-state index in [1.54, 1.807) is 0 Å². The third-order valence-electron chi connectivity index (χ3n) is 2.31. The Morgan fingerprint density at radius 3 is 2.73 bits per heavy atom. The fraction of sp³-hybridized carbons (Fsp3) is 1.00. The molecule has 1 rings (SSSR count). The second-order valence-corrected chi connectivity index (χ2v) is 3.87. The van der Waals surface area contributed by atoms with Gasteiger partial charge in [0.05, 0.1) is 19.8 Å². The van der Waals surface area contributed by atoms with Crippen LogP contribution < -0.4 is 5.32 Å². The molecule has 0 aromatic carbocycles. The van der Waals surface area contributed by atoms with Gasteiger partial charge in [0.15, 0.2) is 0 Å². The van der Waals surface area contributed by atoms with Crippen LogP contribution in [0.15, 0.2) is 0 Å². The van der Waals surface area contributed by atoms with Crippen LogP contribution in [0.5, 0.6) is 0 Å². The number of alkyl halides is 3. The third kappa shape index (κ3) is 5.96. The SMILES string of the molecule is CN(CCC1COCCN1)CC(F)(F)F. The molecule has 15 heavy (non-hydrogen) atoms. The fourth-order valence-electron chi connectivity index (χ4n) is 1.57. The standard InChI is InChI=1S/C9H17F3N2O/c1-14(7-9(10,11)12)4-2-8-6-15-5-3-13-8/h8,13H,2-7H2,1H3. The monoisotopic (exact) mass is 226 g/mol. The first-order chi connectivity index (χ1) is 6.97. The number of halogens is 3. The number of hydrogen-bond acceptors (Lipinski definition) is 3. The molecule has 0 bridgehead atoms. The maximum atomic E-state index is 12.0. The molecule has 0 spiro atoms. The van der Waals surface area contributed by atoms with Crippen molar-refractivity contribution < 1.29 is 17.9 Å². The second-order valence-electron chi connectivity index (χ2n) is 3.87. The minimum Gasteiger partial charge on any atom is -0.379 e. The quantitative estimate of drug-likeness (QED) is 0.769. The van der Waals surface area contributed by atoms with Crippen LogP contribution in [-0.2, 0) is 4.74 Å². The van der Waals surface area contributed by atoms with Crippen LogP contribution in [-0.4, -0.2) is 57.0 Å². The maximum absolute atomic E-state index is 12.0. The topological polar surface area (TPSA) is 24.5 Å². The Kier molecular flexibility index (Phi) is 4.82. The van der Waals surface area contributed by atoms with Gasteiger partial charge in [0.25, 0.3) is 0 Å². The Hall–Kier alpha value is -0.330. The first-order valence-corrected chi connectivity index (χ1v) is 5.04. The molecule has 3 nitrogen and oxygen atoms in total. The highest BCUT2D eigenvalue weighted by molar-refractivity contribution is 4.72. The lowest BCUT2D eigenvalue weighted by Crippen LogP contribution is -2.43. The molecule has 1 N–H and O–H groups in total. The Bertz CT molecular complexity index is 181. The van der Waals surface area contributed by atoms with E-state index in [-0.39, 0.29) is 6.04 Å². The lowest BCUT2D eigenvalue weighted by molar-refractivity contribution is -0.143. The van der Waals surface area contributed by atoms with Crippen molar-refractivity contribution in [2.45, 2.75) is 18.6 Å². The van der Waals surface area contributed by atoms with Crippen molar-refractivity contribution in [3.63, 3.8) is 0 Å². The van der Waals surface area contributed by atoms with Gasteiger partial charge in [-0.05, 0) is 20.0 Å². The highest BCUT2D eigenvalue weighted by Gasteiger charge is 2.29. The first-order valence-electron chi connectivity index (χ1n) is 5.04. The summed E-state index contributed by atoms with van der Waals surface area (Å²) in [5.74, 6) is 0. The highest BCUT2D eigenvalue weighted by atomic mass is 19.4. The van der Waals surface area contributed by atoms with Crippen LogP contribution in [0.2, 0.25) is 0 Å². The molecule has 0 aliphatic carbocycles. The minimum atomic E-state index is -4.11. The van der Waals surface area contributed by atoms with Crippen LogP contribution in [0.3, 0.4) is 0 Å². The van der Waals surface area contributed by atoms with Gasteiger partial charge in [-0.25, -0.2) is 0 Å². The molecule has 0 amide bonds. The zero-order valence-electron chi connectivity index (χ0n) is 8.81. The zero-order chi connectivity index (χ0) is 11.3. The van der Waals surface area contributed by atoms with E-state index in [1.165, 1.54) is 11.9 Å². The van der Waals surface area contributed by atoms with Gasteiger partial charge in [-0.2, -0.15) is 13.2 Å². The molecule has 1 aliphatic heterocycles. The molecule has 0 saturated carbocycles. The van der Waals surface area contributed by atoms with Crippen molar-refractivity contribution in [1.82, 2.24) is 10.2 Å². The van der Waals surface area contributed by atoms with Crippen molar-refractivity contribution >= 4 is 0 Å². The van der Waals surface area contributed by atoms with E-state index in [4.69, 9.17) is 4.74 Å². The average molecular weight is 226 g/mol. The second kappa shape index (κ2) is 5.67. The van der Waals surface area contributed by atoms with Crippen molar-refractivity contribution in [2.24, 2.45) is 0 Å². The normalized spacial score (nSPS) is 23.4. The fourth-order valence-corrected chi connectivity index (χ4v) is 1.57. The van der Waals surface area contributed by atoms with Crippen molar-refractivity contribution in [1.29, 1.82) is 0 Å². The molecule has 1 unspecified atom stereocenters. The molecule has 0 aromatic heterocycles. The van der Waals surface area contributed by atoms with Gasteiger partial charge < -0.3 is 10.1 Å². The van der Waals surface area contributed by atoms with Crippen molar-refractivity contribution in [3.05, 3.63) is 0 Å². The van der Waals surface area contributed by atoms with Gasteiger partial charge in [-0.15, -0.1) is 0 Å². The summed E-state index contributed by atoms with van der Waals surface area (Å²) in [5.41, 5.74) is 0. The van der Waals surface area contributed by atoms with Crippen molar-refractivity contribution in [3.8, 4) is 0 Å². The van der Waals surface area contributed by atoms with Crippen molar-refractivity contribution in [2.75, 3.05) is 39.9 Å². The molecule has 1 aliphatic rings. The van der Waals surface area contributed by atoms with Gasteiger partial charge >= 0.3 is 6.18 Å². The zero-order valence-corrected chi connectivity index (χ0v) is 8.81. The Balaban J connectivity index is 2.12. The summed E-state index contributed by atoms with van der Waals surface area (Å²) in [6.07, 6.45) is -3.42. The molecule has 0 radical (unpaired) electrons. The molecule has 1 fully saturated rings. The Morgan fingerprint density at radius 2 is 2.20 bits per heavy atom. The molecule has 1 saturated heterocycles. The lowest BCUT2D eigenvalue weighted by atomic mass is 10.2. The predicted molar refractivity (Wildman–Crippen MR) is 50.8 cm³/mol. The number of nitrogens with zero attached hydrogens (tertiary/aromatic N) is 1. The number of hydrogen-bond donors (Lipinski definition) is 1. The van der Waals surface area contributed by atoms with Crippen LogP contribution in [0.4, 0.5) is 13.2 Å². The van der Waals surface area contributed by atoms with Gasteiger partial charge in [-0.1, -0.05) is 0 Å². The summed E-state index contributed by atoms with van der Waals surface area (Å²) >= 11 is 0. The average Bonchev–Trinajstić information content (AvgIpc) is 2.14. The van der Waals surface area contributed by atoms with Gasteiger partial charge in [-0.3, -0.25) is 4.90 Å². The molecular weight excluding hydrogens is 209 g/mol. The van der Waals surface area contributed by atoms with Crippen LogP contribution in [0.25, 0.3) is 0 Å². The minimum absolute atomic E-state index is 0.189. The summed E-state index contributed by atoms with van der Waals surface area (Å²) in [4.78, 5) is 1.29. The molecule has 0 aromatic rings. The predicted octanol–water partition coefficient (Wildman–Crippen LogP) is 0.859. The van der Waals surface area contributed by atoms with Crippen LogP contribution in [0, 0.1) is 0 Å². The summed E-state index contributed by atoms with van der Waals surface area (Å²) < 4.78 is 41.2. The Labute approximate surface area is 87.6 Å². The molecule has 1 heterocycles. The number of ether oxygens (including phenoxy) is 1. The summed E-state index contributed by atoms with van der Waals surface area (Å²) in [7, 11) is 1.48. The van der Waals surface area contributed by atoms with E-state index in [9.17, 15) is 13.2 Å². The number of morpholine rings is 1. The van der Waals surface area contributed by atoms with Gasteiger partial charge in [0, 0.05) is 12.6 Å². The van der Waals surface area contributed by atoms with E-state index in [2.05, 4.69) is 5.32 Å². The molecule has 6 heteroatoms. The largest absolute Gasteiger partial charge is 0.401 e. The maximum Gasteiger partial charge on any atom is 0.401 e. The number of nitrogens with one attached hydrogen (secondary N) is 1. The van der Waals surface area contributed by atoms with Gasteiger partial charge in [0.2, 0.25) is 0 Å². The van der Waals surface area contributed by atoms with E-state index < -0.39 is 12.7 Å². The summed E-state index contributed by atoms with van der Waals surface area (Å²) in [6.45, 7) is 1.66. The molecule has 1 atom stereocenters. The lowest BCUT2D eigenvalue weighted by Gasteiger charge is -2.26.